The van der Waals surface area contributed by atoms with Crippen molar-refractivity contribution in [2.24, 2.45) is 0 Å². The highest BCUT2D eigenvalue weighted by Gasteiger charge is 2.27. The zero-order valence-electron chi connectivity index (χ0n) is 14.8. The van der Waals surface area contributed by atoms with E-state index in [1.54, 1.807) is 9.70 Å². The topological polar surface area (TPSA) is 85.2 Å². The van der Waals surface area contributed by atoms with E-state index in [2.05, 4.69) is 20.7 Å². The van der Waals surface area contributed by atoms with E-state index in [9.17, 15) is 4.79 Å². The minimum absolute atomic E-state index is 0.0547. The number of rotatable bonds is 3. The van der Waals surface area contributed by atoms with Gasteiger partial charge in [0.05, 0.1) is 6.54 Å². The maximum Gasteiger partial charge on any atom is 0.410 e. The van der Waals surface area contributed by atoms with Gasteiger partial charge in [0.1, 0.15) is 5.60 Å². The number of hydrogen-bond acceptors (Lipinski definition) is 6. The van der Waals surface area contributed by atoms with Crippen LogP contribution in [-0.2, 0) is 11.3 Å². The van der Waals surface area contributed by atoms with Crippen molar-refractivity contribution in [3.05, 3.63) is 30.3 Å². The molecule has 8 heteroatoms. The summed E-state index contributed by atoms with van der Waals surface area (Å²) in [6.45, 7) is 8.05. The normalized spacial score (nSPS) is 18.2. The third kappa shape index (κ3) is 4.76. The molecule has 1 saturated heterocycles. The molecule has 134 valence electrons. The van der Waals surface area contributed by atoms with Crippen LogP contribution in [0.3, 0.4) is 0 Å². The zero-order valence-corrected chi connectivity index (χ0v) is 14.8. The van der Waals surface area contributed by atoms with E-state index in [-0.39, 0.29) is 12.1 Å². The van der Waals surface area contributed by atoms with Gasteiger partial charge in [0, 0.05) is 31.2 Å². The van der Waals surface area contributed by atoms with E-state index in [0.717, 1.165) is 5.56 Å². The number of carbonyl (C=O) groups is 1. The maximum absolute atomic E-state index is 12.2. The van der Waals surface area contributed by atoms with E-state index in [1.165, 1.54) is 0 Å². The van der Waals surface area contributed by atoms with Gasteiger partial charge in [0.15, 0.2) is 0 Å². The van der Waals surface area contributed by atoms with Crippen LogP contribution in [0.5, 0.6) is 0 Å². The minimum atomic E-state index is -0.491. The van der Waals surface area contributed by atoms with E-state index < -0.39 is 5.60 Å². The molecule has 1 aliphatic heterocycles. The van der Waals surface area contributed by atoms with Crippen molar-refractivity contribution >= 4 is 6.09 Å². The van der Waals surface area contributed by atoms with Crippen molar-refractivity contribution < 1.29 is 9.53 Å². The quantitative estimate of drug-likeness (QED) is 0.909. The predicted molar refractivity (Wildman–Crippen MR) is 92.9 cm³/mol. The van der Waals surface area contributed by atoms with Gasteiger partial charge in [0.2, 0.25) is 5.82 Å². The lowest BCUT2D eigenvalue weighted by atomic mass is 10.2. The lowest BCUT2D eigenvalue weighted by molar-refractivity contribution is 0.0186. The summed E-state index contributed by atoms with van der Waals surface area (Å²) < 4.78 is 5.45. The molecule has 0 aliphatic carbocycles. The third-order valence-electron chi connectivity index (χ3n) is 3.78. The largest absolute Gasteiger partial charge is 0.444 e. The Hall–Kier alpha value is -2.48. The van der Waals surface area contributed by atoms with Crippen LogP contribution in [0.15, 0.2) is 30.3 Å². The maximum atomic E-state index is 12.2. The second-order valence-corrected chi connectivity index (χ2v) is 7.11. The number of aromatic nitrogens is 4. The van der Waals surface area contributed by atoms with E-state index >= 15 is 0 Å². The molecule has 0 spiro atoms. The van der Waals surface area contributed by atoms with E-state index in [4.69, 9.17) is 4.74 Å². The van der Waals surface area contributed by atoms with Gasteiger partial charge in [-0.2, -0.15) is 4.80 Å². The first-order valence-electron chi connectivity index (χ1n) is 8.45. The number of nitrogens with one attached hydrogen (secondary N) is 1. The fraction of sp³-hybridized carbons (Fsp3) is 0.529. The molecule has 8 nitrogen and oxygen atoms in total. The molecule has 0 saturated carbocycles. The Balaban J connectivity index is 1.60. The van der Waals surface area contributed by atoms with Crippen LogP contribution in [0.2, 0.25) is 0 Å². The summed E-state index contributed by atoms with van der Waals surface area (Å²) in [5.41, 5.74) is 0.441. The summed E-state index contributed by atoms with van der Waals surface area (Å²) in [4.78, 5) is 15.5. The first-order valence-corrected chi connectivity index (χ1v) is 8.45. The van der Waals surface area contributed by atoms with Crippen molar-refractivity contribution in [3.63, 3.8) is 0 Å². The van der Waals surface area contributed by atoms with Crippen molar-refractivity contribution in [2.75, 3.05) is 19.6 Å². The number of carbonyl (C=O) groups excluding carboxylic acids is 1. The molecule has 1 aliphatic rings. The summed E-state index contributed by atoms with van der Waals surface area (Å²) in [5.74, 6) is 0.598. The summed E-state index contributed by atoms with van der Waals surface area (Å²) in [7, 11) is 0. The SMILES string of the molecule is CC(C)(C)OC(=O)N1CCN[C@H](Cn2nnc(-c3ccccc3)n2)C1. The number of piperazine rings is 1. The van der Waals surface area contributed by atoms with E-state index in [0.29, 0.717) is 32.0 Å². The molecule has 2 heterocycles. The molecular weight excluding hydrogens is 320 g/mol. The van der Waals surface area contributed by atoms with Crippen LogP contribution in [0, 0.1) is 0 Å². The van der Waals surface area contributed by atoms with Gasteiger partial charge in [0.25, 0.3) is 0 Å². The van der Waals surface area contributed by atoms with Crippen LogP contribution in [0.1, 0.15) is 20.8 Å². The molecule has 1 amide bonds. The Labute approximate surface area is 147 Å². The van der Waals surface area contributed by atoms with E-state index in [1.807, 2.05) is 51.1 Å². The molecule has 1 fully saturated rings. The fourth-order valence-corrected chi connectivity index (χ4v) is 2.66. The van der Waals surface area contributed by atoms with Gasteiger partial charge in [-0.15, -0.1) is 10.2 Å². The molecule has 1 aromatic heterocycles. The molecule has 3 rings (SSSR count). The van der Waals surface area contributed by atoms with Gasteiger partial charge in [-0.3, -0.25) is 0 Å². The lowest BCUT2D eigenvalue weighted by Crippen LogP contribution is -2.55. The number of tetrazole rings is 1. The van der Waals surface area contributed by atoms with Gasteiger partial charge < -0.3 is 15.0 Å². The second-order valence-electron chi connectivity index (χ2n) is 7.11. The van der Waals surface area contributed by atoms with Gasteiger partial charge >= 0.3 is 6.09 Å². The number of benzene rings is 1. The zero-order chi connectivity index (χ0) is 17.9. The smallest absolute Gasteiger partial charge is 0.410 e. The van der Waals surface area contributed by atoms with Gasteiger partial charge in [-0.25, -0.2) is 4.79 Å². The molecule has 1 N–H and O–H groups in total. The molecule has 1 atom stereocenters. The minimum Gasteiger partial charge on any atom is -0.444 e. The summed E-state index contributed by atoms with van der Waals surface area (Å²) >= 11 is 0. The molecule has 25 heavy (non-hydrogen) atoms. The molecule has 0 radical (unpaired) electrons. The fourth-order valence-electron chi connectivity index (χ4n) is 2.66. The number of amides is 1. The Morgan fingerprint density at radius 3 is 2.80 bits per heavy atom. The Kier molecular flexibility index (Phi) is 4.98. The first-order chi connectivity index (χ1) is 11.9. The van der Waals surface area contributed by atoms with Crippen LogP contribution in [0.25, 0.3) is 11.4 Å². The van der Waals surface area contributed by atoms with Crippen LogP contribution in [-0.4, -0.2) is 62.5 Å². The number of ether oxygens (including phenoxy) is 1. The highest BCUT2D eigenvalue weighted by molar-refractivity contribution is 5.68. The average molecular weight is 344 g/mol. The highest BCUT2D eigenvalue weighted by atomic mass is 16.6. The lowest BCUT2D eigenvalue weighted by Gasteiger charge is -2.34. The molecular formula is C17H24N6O2. The van der Waals surface area contributed by atoms with Crippen molar-refractivity contribution in [3.8, 4) is 11.4 Å². The van der Waals surface area contributed by atoms with Crippen LogP contribution < -0.4 is 5.32 Å². The Morgan fingerprint density at radius 1 is 1.32 bits per heavy atom. The highest BCUT2D eigenvalue weighted by Crippen LogP contribution is 2.13. The second kappa shape index (κ2) is 7.18. The summed E-state index contributed by atoms with van der Waals surface area (Å²) in [6.07, 6.45) is -0.282. The Bertz CT molecular complexity index is 709. The van der Waals surface area contributed by atoms with Crippen molar-refractivity contribution in [1.29, 1.82) is 0 Å². The first kappa shape index (κ1) is 17.3. The van der Waals surface area contributed by atoms with Crippen molar-refractivity contribution in [2.45, 2.75) is 39.0 Å². The third-order valence-corrected chi connectivity index (χ3v) is 3.78. The van der Waals surface area contributed by atoms with Crippen molar-refractivity contribution in [1.82, 2.24) is 30.4 Å². The molecule has 0 bridgehead atoms. The molecule has 1 aromatic carbocycles. The Morgan fingerprint density at radius 2 is 2.08 bits per heavy atom. The monoisotopic (exact) mass is 344 g/mol. The predicted octanol–water partition coefficient (Wildman–Crippen LogP) is 1.55. The number of hydrogen-bond donors (Lipinski definition) is 1. The molecule has 2 aromatic rings. The average Bonchev–Trinajstić information content (AvgIpc) is 3.03. The van der Waals surface area contributed by atoms with Gasteiger partial charge in [-0.05, 0) is 26.0 Å². The van der Waals surface area contributed by atoms with Crippen LogP contribution in [0.4, 0.5) is 4.79 Å². The van der Waals surface area contributed by atoms with Gasteiger partial charge in [-0.1, -0.05) is 30.3 Å². The standard InChI is InChI=1S/C17H24N6O2/c1-17(2,3)25-16(24)22-10-9-18-14(11-22)12-23-20-15(19-21-23)13-7-5-4-6-8-13/h4-8,14,18H,9-12H2,1-3H3/t14-/m0/s1. The summed E-state index contributed by atoms with van der Waals surface area (Å²) in [5, 5.41) is 16.0. The molecule has 0 unspecified atom stereocenters. The van der Waals surface area contributed by atoms with Crippen LogP contribution >= 0.6 is 0 Å². The summed E-state index contributed by atoms with van der Waals surface area (Å²) in [6, 6.07) is 9.79. The number of nitrogens with zero attached hydrogens (tertiary/aromatic N) is 5.